The van der Waals surface area contributed by atoms with E-state index >= 15 is 0 Å². The number of hydrogen-bond acceptors (Lipinski definition) is 4. The smallest absolute Gasteiger partial charge is 0.339 e. The Hall–Kier alpha value is -1.84. The van der Waals surface area contributed by atoms with Crippen molar-refractivity contribution in [3.05, 3.63) is 35.4 Å². The predicted octanol–water partition coefficient (Wildman–Crippen LogP) is 6.97. The monoisotopic (exact) mass is 404 g/mol. The van der Waals surface area contributed by atoms with Crippen LogP contribution in [0.5, 0.6) is 0 Å². The third kappa shape index (κ3) is 10.5. The fourth-order valence-corrected chi connectivity index (χ4v) is 3.29. The summed E-state index contributed by atoms with van der Waals surface area (Å²) < 4.78 is 10.8. The molecule has 0 aromatic heterocycles. The van der Waals surface area contributed by atoms with Crippen LogP contribution in [-0.4, -0.2) is 25.2 Å². The number of ether oxygens (including phenoxy) is 2. The highest BCUT2D eigenvalue weighted by atomic mass is 16.5. The number of esters is 2. The maximum Gasteiger partial charge on any atom is 0.339 e. The van der Waals surface area contributed by atoms with Gasteiger partial charge in [-0.15, -0.1) is 0 Å². The van der Waals surface area contributed by atoms with Crippen LogP contribution in [0.4, 0.5) is 0 Å². The van der Waals surface area contributed by atoms with Crippen molar-refractivity contribution in [3.8, 4) is 0 Å². The van der Waals surface area contributed by atoms with Gasteiger partial charge in [0.1, 0.15) is 0 Å². The van der Waals surface area contributed by atoms with Crippen LogP contribution in [-0.2, 0) is 9.47 Å². The lowest BCUT2D eigenvalue weighted by Gasteiger charge is -2.14. The van der Waals surface area contributed by atoms with E-state index in [1.165, 1.54) is 44.9 Å². The summed E-state index contributed by atoms with van der Waals surface area (Å²) in [6.07, 6.45) is 12.9. The van der Waals surface area contributed by atoms with E-state index in [1.807, 2.05) is 0 Å². The molecule has 4 heteroatoms. The Labute approximate surface area is 177 Å². The van der Waals surface area contributed by atoms with Crippen molar-refractivity contribution >= 4 is 11.9 Å². The molecule has 0 heterocycles. The minimum absolute atomic E-state index is 0.288. The molecule has 0 fully saturated rings. The predicted molar refractivity (Wildman–Crippen MR) is 118 cm³/mol. The molecule has 0 aliphatic carbocycles. The van der Waals surface area contributed by atoms with Crippen LogP contribution in [0.3, 0.4) is 0 Å². The molecule has 0 saturated carbocycles. The van der Waals surface area contributed by atoms with Gasteiger partial charge in [-0.25, -0.2) is 9.59 Å². The summed E-state index contributed by atoms with van der Waals surface area (Å²) >= 11 is 0. The second kappa shape index (κ2) is 16.0. The zero-order valence-electron chi connectivity index (χ0n) is 18.7. The van der Waals surface area contributed by atoms with E-state index in [0.29, 0.717) is 19.1 Å². The molecule has 0 spiro atoms. The fraction of sp³-hybridized carbons (Fsp3) is 0.680. The van der Waals surface area contributed by atoms with Gasteiger partial charge in [-0.1, -0.05) is 97.1 Å². The number of rotatable bonds is 16. The average molecular weight is 405 g/mol. The number of carbonyl (C=O) groups is 2. The maximum atomic E-state index is 12.4. The molecule has 0 aliphatic heterocycles. The van der Waals surface area contributed by atoms with Gasteiger partial charge < -0.3 is 9.47 Å². The molecule has 0 saturated heterocycles. The van der Waals surface area contributed by atoms with Crippen LogP contribution in [0.25, 0.3) is 0 Å². The molecule has 0 amide bonds. The number of unbranched alkanes of at least 4 members (excludes halogenated alkanes) is 8. The Bertz CT molecular complexity index is 578. The summed E-state index contributed by atoms with van der Waals surface area (Å²) in [6, 6.07) is 6.74. The third-order valence-corrected chi connectivity index (χ3v) is 5.45. The molecule has 1 rings (SSSR count). The summed E-state index contributed by atoms with van der Waals surface area (Å²) in [4.78, 5) is 24.8. The molecule has 29 heavy (non-hydrogen) atoms. The Morgan fingerprint density at radius 3 is 1.72 bits per heavy atom. The van der Waals surface area contributed by atoms with E-state index in [9.17, 15) is 9.59 Å². The highest BCUT2D eigenvalue weighted by Gasteiger charge is 2.19. The molecule has 0 aliphatic rings. The summed E-state index contributed by atoms with van der Waals surface area (Å²) in [5, 5.41) is 0. The van der Waals surface area contributed by atoms with Crippen molar-refractivity contribution in [2.75, 3.05) is 13.2 Å². The van der Waals surface area contributed by atoms with Gasteiger partial charge in [0.05, 0.1) is 24.3 Å². The highest BCUT2D eigenvalue weighted by Crippen LogP contribution is 2.15. The van der Waals surface area contributed by atoms with E-state index in [-0.39, 0.29) is 11.1 Å². The SMILES string of the molecule is CCCCCCCCCCCOC(=O)c1ccccc1C(=O)OCC(CC)CC. The van der Waals surface area contributed by atoms with E-state index in [0.717, 1.165) is 25.7 Å². The Kier molecular flexibility index (Phi) is 13.9. The summed E-state index contributed by atoms with van der Waals surface area (Å²) in [6.45, 7) is 7.18. The molecule has 0 bridgehead atoms. The van der Waals surface area contributed by atoms with Gasteiger partial charge in [-0.05, 0) is 24.5 Å². The molecule has 1 aromatic carbocycles. The molecule has 0 N–H and O–H groups in total. The first-order chi connectivity index (χ1) is 14.1. The van der Waals surface area contributed by atoms with Crippen molar-refractivity contribution in [3.63, 3.8) is 0 Å². The van der Waals surface area contributed by atoms with Gasteiger partial charge in [0, 0.05) is 0 Å². The van der Waals surface area contributed by atoms with Crippen molar-refractivity contribution in [1.82, 2.24) is 0 Å². The van der Waals surface area contributed by atoms with Gasteiger partial charge in [0.25, 0.3) is 0 Å². The van der Waals surface area contributed by atoms with Crippen molar-refractivity contribution in [2.24, 2.45) is 5.92 Å². The van der Waals surface area contributed by atoms with Gasteiger partial charge in [-0.2, -0.15) is 0 Å². The summed E-state index contributed by atoms with van der Waals surface area (Å²) in [5.41, 5.74) is 0.577. The molecule has 1 aromatic rings. The van der Waals surface area contributed by atoms with Crippen LogP contribution in [0.2, 0.25) is 0 Å². The molecular weight excluding hydrogens is 364 g/mol. The molecule has 0 radical (unpaired) electrons. The molecule has 4 nitrogen and oxygen atoms in total. The molecular formula is C25H40O4. The first kappa shape index (κ1) is 25.2. The van der Waals surface area contributed by atoms with Gasteiger partial charge in [-0.3, -0.25) is 0 Å². The van der Waals surface area contributed by atoms with Crippen LogP contribution in [0.1, 0.15) is 112 Å². The Morgan fingerprint density at radius 2 is 1.21 bits per heavy atom. The standard InChI is InChI=1S/C25H40O4/c1-4-7-8-9-10-11-12-13-16-19-28-24(26)22-17-14-15-18-23(22)25(27)29-20-21(5-2)6-3/h14-15,17-18,21H,4-13,16,19-20H2,1-3H3. The van der Waals surface area contributed by atoms with Crippen molar-refractivity contribution in [2.45, 2.75) is 91.4 Å². The largest absolute Gasteiger partial charge is 0.462 e. The average Bonchev–Trinajstić information content (AvgIpc) is 2.75. The number of benzene rings is 1. The lowest BCUT2D eigenvalue weighted by Crippen LogP contribution is -2.17. The van der Waals surface area contributed by atoms with E-state index in [4.69, 9.17) is 9.47 Å². The van der Waals surface area contributed by atoms with E-state index < -0.39 is 11.9 Å². The van der Waals surface area contributed by atoms with Crippen LogP contribution < -0.4 is 0 Å². The Balaban J connectivity index is 2.34. The summed E-state index contributed by atoms with van der Waals surface area (Å²) in [5.74, 6) is -0.545. The van der Waals surface area contributed by atoms with Gasteiger partial charge >= 0.3 is 11.9 Å². The number of carbonyl (C=O) groups excluding carboxylic acids is 2. The molecule has 0 unspecified atom stereocenters. The van der Waals surface area contributed by atoms with Crippen LogP contribution in [0.15, 0.2) is 24.3 Å². The van der Waals surface area contributed by atoms with Crippen LogP contribution in [0, 0.1) is 5.92 Å². The molecule has 0 atom stereocenters. The van der Waals surface area contributed by atoms with E-state index in [2.05, 4.69) is 20.8 Å². The lowest BCUT2D eigenvalue weighted by molar-refractivity contribution is 0.0408. The van der Waals surface area contributed by atoms with Crippen molar-refractivity contribution < 1.29 is 19.1 Å². The fourth-order valence-electron chi connectivity index (χ4n) is 3.29. The topological polar surface area (TPSA) is 52.6 Å². The van der Waals surface area contributed by atoms with Gasteiger partial charge in [0.2, 0.25) is 0 Å². The zero-order chi connectivity index (χ0) is 21.3. The highest BCUT2D eigenvalue weighted by molar-refractivity contribution is 6.03. The lowest BCUT2D eigenvalue weighted by atomic mass is 10.0. The van der Waals surface area contributed by atoms with Crippen molar-refractivity contribution in [1.29, 1.82) is 0 Å². The van der Waals surface area contributed by atoms with Gasteiger partial charge in [0.15, 0.2) is 0 Å². The second-order valence-electron chi connectivity index (χ2n) is 7.79. The zero-order valence-corrected chi connectivity index (χ0v) is 18.7. The quantitative estimate of drug-likeness (QED) is 0.220. The van der Waals surface area contributed by atoms with E-state index in [1.54, 1.807) is 24.3 Å². The minimum atomic E-state index is -0.451. The second-order valence-corrected chi connectivity index (χ2v) is 7.79. The third-order valence-electron chi connectivity index (χ3n) is 5.45. The first-order valence-corrected chi connectivity index (χ1v) is 11.6. The maximum absolute atomic E-state index is 12.4. The molecule has 164 valence electrons. The summed E-state index contributed by atoms with van der Waals surface area (Å²) in [7, 11) is 0. The van der Waals surface area contributed by atoms with Crippen LogP contribution >= 0.6 is 0 Å². The first-order valence-electron chi connectivity index (χ1n) is 11.6. The normalized spacial score (nSPS) is 10.9. The minimum Gasteiger partial charge on any atom is -0.462 e. The Morgan fingerprint density at radius 1 is 0.724 bits per heavy atom. The number of hydrogen-bond donors (Lipinski definition) is 0.